The van der Waals surface area contributed by atoms with E-state index in [1.165, 1.54) is 40.9 Å². The van der Waals surface area contributed by atoms with Crippen LogP contribution in [0.15, 0.2) is 47.5 Å². The highest BCUT2D eigenvalue weighted by Gasteiger charge is 2.34. The molecular formula is C18H14Cl2FN3O2S. The van der Waals surface area contributed by atoms with Gasteiger partial charge in [-0.25, -0.2) is 9.38 Å². The van der Waals surface area contributed by atoms with Crippen LogP contribution in [0.1, 0.15) is 6.42 Å². The summed E-state index contributed by atoms with van der Waals surface area (Å²) in [6.07, 6.45) is 0.0363. The molecule has 0 radical (unpaired) electrons. The number of aliphatic imine (C=N–C) groups is 1. The van der Waals surface area contributed by atoms with Gasteiger partial charge in [0.2, 0.25) is 11.8 Å². The Bertz CT molecular complexity index is 921. The zero-order valence-electron chi connectivity index (χ0n) is 14.1. The van der Waals surface area contributed by atoms with Gasteiger partial charge in [0.15, 0.2) is 5.17 Å². The van der Waals surface area contributed by atoms with Crippen molar-refractivity contribution in [1.29, 1.82) is 0 Å². The zero-order valence-corrected chi connectivity index (χ0v) is 16.4. The van der Waals surface area contributed by atoms with Gasteiger partial charge in [0.25, 0.3) is 0 Å². The van der Waals surface area contributed by atoms with Crippen LogP contribution in [0.3, 0.4) is 0 Å². The van der Waals surface area contributed by atoms with Crippen molar-refractivity contribution >= 4 is 63.3 Å². The van der Waals surface area contributed by atoms with Gasteiger partial charge in [-0.3, -0.25) is 14.5 Å². The average Bonchev–Trinajstić information content (AvgIpc) is 2.63. The van der Waals surface area contributed by atoms with E-state index in [4.69, 9.17) is 23.2 Å². The smallest absolute Gasteiger partial charge is 0.238 e. The number of halogens is 3. The molecule has 1 unspecified atom stereocenters. The van der Waals surface area contributed by atoms with Crippen LogP contribution in [-0.4, -0.2) is 34.2 Å². The van der Waals surface area contributed by atoms with Crippen LogP contribution in [0.5, 0.6) is 0 Å². The molecule has 2 aromatic carbocycles. The van der Waals surface area contributed by atoms with Gasteiger partial charge in [-0.1, -0.05) is 35.0 Å². The molecule has 0 aromatic heterocycles. The van der Waals surface area contributed by atoms with Crippen molar-refractivity contribution < 1.29 is 14.0 Å². The molecule has 1 heterocycles. The molecule has 0 aliphatic carbocycles. The molecule has 27 heavy (non-hydrogen) atoms. The van der Waals surface area contributed by atoms with E-state index < -0.39 is 11.1 Å². The molecule has 1 fully saturated rings. The highest BCUT2D eigenvalue weighted by atomic mass is 35.5. The van der Waals surface area contributed by atoms with E-state index in [1.54, 1.807) is 25.2 Å². The number of carbonyl (C=O) groups excluding carboxylic acids is 2. The molecule has 1 aliphatic rings. The summed E-state index contributed by atoms with van der Waals surface area (Å²) in [5.74, 6) is -0.977. The van der Waals surface area contributed by atoms with Crippen molar-refractivity contribution in [1.82, 2.24) is 4.90 Å². The number of anilines is 1. The Hall–Kier alpha value is -2.09. The molecule has 1 N–H and O–H groups in total. The largest absolute Gasteiger partial charge is 0.325 e. The molecule has 9 heteroatoms. The first-order chi connectivity index (χ1) is 12.8. The number of hydrogen-bond donors (Lipinski definition) is 1. The summed E-state index contributed by atoms with van der Waals surface area (Å²) in [4.78, 5) is 30.6. The van der Waals surface area contributed by atoms with Gasteiger partial charge in [0.1, 0.15) is 11.1 Å². The number of amides is 2. The molecule has 3 rings (SSSR count). The van der Waals surface area contributed by atoms with Crippen LogP contribution in [0, 0.1) is 5.82 Å². The Balaban J connectivity index is 1.78. The zero-order chi connectivity index (χ0) is 19.6. The fourth-order valence-electron chi connectivity index (χ4n) is 2.32. The third-order valence-electron chi connectivity index (χ3n) is 3.80. The monoisotopic (exact) mass is 425 g/mol. The third-order valence-corrected chi connectivity index (χ3v) is 5.78. The van der Waals surface area contributed by atoms with Crippen molar-refractivity contribution in [2.45, 2.75) is 11.7 Å². The van der Waals surface area contributed by atoms with Gasteiger partial charge in [0.05, 0.1) is 15.7 Å². The van der Waals surface area contributed by atoms with E-state index in [9.17, 15) is 14.0 Å². The number of nitrogens with zero attached hydrogens (tertiary/aromatic N) is 2. The number of carbonyl (C=O) groups is 2. The maximum Gasteiger partial charge on any atom is 0.238 e. The van der Waals surface area contributed by atoms with E-state index >= 15 is 0 Å². The Labute approximate surface area is 169 Å². The second-order valence-corrected chi connectivity index (χ2v) is 7.74. The number of thioether (sulfide) groups is 1. The first-order valence-corrected chi connectivity index (χ1v) is 9.50. The minimum atomic E-state index is -0.653. The van der Waals surface area contributed by atoms with Crippen LogP contribution in [0.25, 0.3) is 0 Å². The Kier molecular flexibility index (Phi) is 6.04. The topological polar surface area (TPSA) is 61.8 Å². The highest BCUT2D eigenvalue weighted by Crippen LogP contribution is 2.31. The second kappa shape index (κ2) is 8.29. The maximum absolute atomic E-state index is 13.0. The lowest BCUT2D eigenvalue weighted by Gasteiger charge is -2.28. The number of rotatable bonds is 3. The molecule has 1 atom stereocenters. The quantitative estimate of drug-likeness (QED) is 0.773. The Morgan fingerprint density at radius 2 is 1.93 bits per heavy atom. The van der Waals surface area contributed by atoms with Gasteiger partial charge < -0.3 is 5.32 Å². The first kappa shape index (κ1) is 19.7. The SMILES string of the molecule is CN1C(=O)CC(C(=O)Nc2ccc(F)cc2)SC1=Nc1ccc(Cl)c(Cl)c1. The van der Waals surface area contributed by atoms with E-state index in [1.807, 2.05) is 0 Å². The number of benzene rings is 2. The highest BCUT2D eigenvalue weighted by molar-refractivity contribution is 8.15. The van der Waals surface area contributed by atoms with Gasteiger partial charge in [0, 0.05) is 19.2 Å². The molecule has 2 amide bonds. The Morgan fingerprint density at radius 3 is 2.59 bits per heavy atom. The molecule has 0 saturated carbocycles. The van der Waals surface area contributed by atoms with E-state index in [0.29, 0.717) is 26.6 Å². The van der Waals surface area contributed by atoms with Crippen LogP contribution in [-0.2, 0) is 9.59 Å². The number of amidine groups is 1. The lowest BCUT2D eigenvalue weighted by Crippen LogP contribution is -2.43. The average molecular weight is 426 g/mol. The minimum absolute atomic E-state index is 0.0363. The maximum atomic E-state index is 13.0. The van der Waals surface area contributed by atoms with Crippen molar-refractivity contribution in [3.05, 3.63) is 58.3 Å². The predicted octanol–water partition coefficient (Wildman–Crippen LogP) is 4.72. The van der Waals surface area contributed by atoms with Gasteiger partial charge in [-0.2, -0.15) is 0 Å². The van der Waals surface area contributed by atoms with Crippen molar-refractivity contribution in [3.63, 3.8) is 0 Å². The van der Waals surface area contributed by atoms with Gasteiger partial charge >= 0.3 is 0 Å². The van der Waals surface area contributed by atoms with Crippen LogP contribution >= 0.6 is 35.0 Å². The normalized spacial score (nSPS) is 18.7. The first-order valence-electron chi connectivity index (χ1n) is 7.87. The molecular weight excluding hydrogens is 412 g/mol. The van der Waals surface area contributed by atoms with Crippen molar-refractivity contribution in [2.24, 2.45) is 4.99 Å². The van der Waals surface area contributed by atoms with E-state index in [2.05, 4.69) is 10.3 Å². The fraction of sp³-hybridized carbons (Fsp3) is 0.167. The Morgan fingerprint density at radius 1 is 1.22 bits per heavy atom. The van der Waals surface area contributed by atoms with Crippen molar-refractivity contribution in [2.75, 3.05) is 12.4 Å². The van der Waals surface area contributed by atoms with Gasteiger partial charge in [-0.05, 0) is 42.5 Å². The molecule has 5 nitrogen and oxygen atoms in total. The summed E-state index contributed by atoms with van der Waals surface area (Å²) in [5, 5.41) is 3.16. The lowest BCUT2D eigenvalue weighted by atomic mass is 10.2. The van der Waals surface area contributed by atoms with E-state index in [0.717, 1.165) is 0 Å². The van der Waals surface area contributed by atoms with Crippen molar-refractivity contribution in [3.8, 4) is 0 Å². The molecule has 2 aromatic rings. The number of nitrogens with one attached hydrogen (secondary N) is 1. The number of hydrogen-bond acceptors (Lipinski definition) is 4. The minimum Gasteiger partial charge on any atom is -0.325 e. The van der Waals surface area contributed by atoms with Crippen LogP contribution < -0.4 is 5.32 Å². The lowest BCUT2D eigenvalue weighted by molar-refractivity contribution is -0.128. The van der Waals surface area contributed by atoms with Crippen LogP contribution in [0.4, 0.5) is 15.8 Å². The van der Waals surface area contributed by atoms with E-state index in [-0.39, 0.29) is 18.2 Å². The molecule has 1 saturated heterocycles. The molecule has 1 aliphatic heterocycles. The van der Waals surface area contributed by atoms with Gasteiger partial charge in [-0.15, -0.1) is 0 Å². The third kappa shape index (κ3) is 4.80. The summed E-state index contributed by atoms with van der Waals surface area (Å²) < 4.78 is 13.0. The summed E-state index contributed by atoms with van der Waals surface area (Å²) >= 11 is 13.1. The summed E-state index contributed by atoms with van der Waals surface area (Å²) in [5.41, 5.74) is 0.975. The second-order valence-electron chi connectivity index (χ2n) is 5.75. The summed E-state index contributed by atoms with van der Waals surface area (Å²) in [6.45, 7) is 0. The standard InChI is InChI=1S/C18H14Cl2FN3O2S/c1-24-16(25)9-15(17(26)22-11-4-2-10(21)3-5-11)27-18(24)23-12-6-7-13(19)14(20)8-12/h2-8,15H,9H2,1H3,(H,22,26). The summed E-state index contributed by atoms with van der Waals surface area (Å²) in [7, 11) is 1.60. The predicted molar refractivity (Wildman–Crippen MR) is 107 cm³/mol. The molecule has 140 valence electrons. The fourth-order valence-corrected chi connectivity index (χ4v) is 3.68. The molecule has 0 bridgehead atoms. The summed E-state index contributed by atoms with van der Waals surface area (Å²) in [6, 6.07) is 10.3. The van der Waals surface area contributed by atoms with Crippen LogP contribution in [0.2, 0.25) is 10.0 Å². The molecule has 0 spiro atoms.